The molecule has 1 aromatic carbocycles. The van der Waals surface area contributed by atoms with Crippen molar-refractivity contribution in [3.8, 4) is 0 Å². The number of benzene rings is 1. The lowest BCUT2D eigenvalue weighted by atomic mass is 10.2. The number of rotatable bonds is 2. The fourth-order valence-electron chi connectivity index (χ4n) is 1.61. The number of fused-ring (bicyclic) bond motifs is 1. The summed E-state index contributed by atoms with van der Waals surface area (Å²) in [5.41, 5.74) is 0.0688. The summed E-state index contributed by atoms with van der Waals surface area (Å²) >= 11 is 0. The normalized spacial score (nSPS) is 11.7. The van der Waals surface area contributed by atoms with Gasteiger partial charge in [-0.2, -0.15) is 0 Å². The number of nitrogens with zero attached hydrogens (tertiary/aromatic N) is 1. The molecule has 0 aliphatic rings. The first-order valence-electron chi connectivity index (χ1n) is 6.05. The Labute approximate surface area is 114 Å². The van der Waals surface area contributed by atoms with E-state index >= 15 is 0 Å². The van der Waals surface area contributed by atoms with Crippen molar-refractivity contribution in [2.45, 2.75) is 32.9 Å². The number of alkyl carbamates (subject to hydrolysis) is 1. The van der Waals surface area contributed by atoms with Crippen molar-refractivity contribution >= 4 is 17.1 Å². The van der Waals surface area contributed by atoms with Gasteiger partial charge in [0.15, 0.2) is 11.6 Å². The van der Waals surface area contributed by atoms with Gasteiger partial charge in [-0.25, -0.2) is 18.6 Å². The standard InChI is InChI=1S/C13H15F2N3O2/c1-13(2,3)20-12(19)16-6-11-17-9-4-7(14)8(15)5-10(9)18-11/h4-5H,6H2,1-3H3,(H,16,19)(H,17,18). The van der Waals surface area contributed by atoms with Crippen LogP contribution in [0.25, 0.3) is 11.0 Å². The van der Waals surface area contributed by atoms with E-state index in [2.05, 4.69) is 15.3 Å². The van der Waals surface area contributed by atoms with Crippen LogP contribution in [0.3, 0.4) is 0 Å². The third-order valence-corrected chi connectivity index (χ3v) is 2.37. The van der Waals surface area contributed by atoms with E-state index in [-0.39, 0.29) is 6.54 Å². The molecule has 2 rings (SSSR count). The second-order valence-corrected chi connectivity index (χ2v) is 5.32. The number of carbonyl (C=O) groups is 1. The first-order chi connectivity index (χ1) is 9.24. The highest BCUT2D eigenvalue weighted by molar-refractivity contribution is 5.75. The maximum absolute atomic E-state index is 13.0. The largest absolute Gasteiger partial charge is 0.444 e. The lowest BCUT2D eigenvalue weighted by Crippen LogP contribution is -2.32. The predicted molar refractivity (Wildman–Crippen MR) is 69.1 cm³/mol. The summed E-state index contributed by atoms with van der Waals surface area (Å²) in [5, 5.41) is 2.50. The van der Waals surface area contributed by atoms with Crippen LogP contribution in [0.2, 0.25) is 0 Å². The molecule has 2 aromatic rings. The van der Waals surface area contributed by atoms with Gasteiger partial charge in [-0.15, -0.1) is 0 Å². The Balaban J connectivity index is 2.05. The Morgan fingerprint density at radius 2 is 2.00 bits per heavy atom. The molecular formula is C13H15F2N3O2. The molecule has 0 aliphatic heterocycles. The van der Waals surface area contributed by atoms with Gasteiger partial charge in [0.25, 0.3) is 0 Å². The lowest BCUT2D eigenvalue weighted by molar-refractivity contribution is 0.0522. The van der Waals surface area contributed by atoms with Crippen molar-refractivity contribution in [2.24, 2.45) is 0 Å². The van der Waals surface area contributed by atoms with Gasteiger partial charge >= 0.3 is 6.09 Å². The highest BCUT2D eigenvalue weighted by atomic mass is 19.2. The number of hydrogen-bond acceptors (Lipinski definition) is 3. The highest BCUT2D eigenvalue weighted by Gasteiger charge is 2.16. The number of carbonyl (C=O) groups excluding carboxylic acids is 1. The number of H-pyrrole nitrogens is 1. The Hall–Kier alpha value is -2.18. The molecule has 1 heterocycles. The van der Waals surface area contributed by atoms with Crippen molar-refractivity contribution in [1.29, 1.82) is 0 Å². The van der Waals surface area contributed by atoms with Crippen molar-refractivity contribution in [2.75, 3.05) is 0 Å². The van der Waals surface area contributed by atoms with Gasteiger partial charge in [0.1, 0.15) is 11.4 Å². The van der Waals surface area contributed by atoms with Gasteiger partial charge in [0, 0.05) is 12.1 Å². The molecule has 1 amide bonds. The summed E-state index contributed by atoms with van der Waals surface area (Å²) < 4.78 is 31.1. The maximum atomic E-state index is 13.0. The van der Waals surface area contributed by atoms with Gasteiger partial charge in [-0.05, 0) is 20.8 Å². The van der Waals surface area contributed by atoms with Crippen molar-refractivity contribution in [1.82, 2.24) is 15.3 Å². The fourth-order valence-corrected chi connectivity index (χ4v) is 1.61. The van der Waals surface area contributed by atoms with E-state index in [1.54, 1.807) is 20.8 Å². The number of ether oxygens (including phenoxy) is 1. The minimum atomic E-state index is -0.962. The predicted octanol–water partition coefficient (Wildman–Crippen LogP) is 2.87. The van der Waals surface area contributed by atoms with E-state index < -0.39 is 23.3 Å². The lowest BCUT2D eigenvalue weighted by Gasteiger charge is -2.19. The van der Waals surface area contributed by atoms with E-state index in [1.165, 1.54) is 0 Å². The molecule has 2 N–H and O–H groups in total. The zero-order chi connectivity index (χ0) is 14.9. The summed E-state index contributed by atoms with van der Waals surface area (Å²) in [6.45, 7) is 5.32. The summed E-state index contributed by atoms with van der Waals surface area (Å²) in [5.74, 6) is -1.53. The third kappa shape index (κ3) is 3.43. The molecule has 108 valence electrons. The average Bonchev–Trinajstić information content (AvgIpc) is 2.67. The highest BCUT2D eigenvalue weighted by Crippen LogP contribution is 2.16. The second-order valence-electron chi connectivity index (χ2n) is 5.32. The SMILES string of the molecule is CC(C)(C)OC(=O)NCc1nc2cc(F)c(F)cc2[nH]1. The smallest absolute Gasteiger partial charge is 0.408 e. The van der Waals surface area contributed by atoms with Crippen LogP contribution >= 0.6 is 0 Å². The third-order valence-electron chi connectivity index (χ3n) is 2.37. The zero-order valence-electron chi connectivity index (χ0n) is 11.4. The Morgan fingerprint density at radius 3 is 2.65 bits per heavy atom. The quantitative estimate of drug-likeness (QED) is 0.890. The number of amides is 1. The van der Waals surface area contributed by atoms with Crippen LogP contribution in [0.5, 0.6) is 0 Å². The van der Waals surface area contributed by atoms with Crippen molar-refractivity contribution in [3.05, 3.63) is 29.6 Å². The molecule has 0 radical (unpaired) electrons. The molecule has 5 nitrogen and oxygen atoms in total. The Bertz CT molecular complexity index is 608. The van der Waals surface area contributed by atoms with Crippen LogP contribution in [0.15, 0.2) is 12.1 Å². The van der Waals surface area contributed by atoms with Crippen LogP contribution < -0.4 is 5.32 Å². The summed E-state index contributed by atoms with van der Waals surface area (Å²) in [4.78, 5) is 18.3. The minimum Gasteiger partial charge on any atom is -0.444 e. The monoisotopic (exact) mass is 283 g/mol. The zero-order valence-corrected chi connectivity index (χ0v) is 11.4. The van der Waals surface area contributed by atoms with E-state index in [0.29, 0.717) is 16.9 Å². The average molecular weight is 283 g/mol. The molecule has 1 aromatic heterocycles. The molecular weight excluding hydrogens is 268 g/mol. The van der Waals surface area contributed by atoms with E-state index in [1.807, 2.05) is 0 Å². The number of aromatic nitrogens is 2. The maximum Gasteiger partial charge on any atom is 0.408 e. The number of imidazole rings is 1. The molecule has 20 heavy (non-hydrogen) atoms. The molecule has 7 heteroatoms. The van der Waals surface area contributed by atoms with E-state index in [9.17, 15) is 13.6 Å². The molecule has 0 unspecified atom stereocenters. The summed E-state index contributed by atoms with van der Waals surface area (Å²) in [7, 11) is 0. The van der Waals surface area contributed by atoms with E-state index in [0.717, 1.165) is 12.1 Å². The molecule has 0 saturated carbocycles. The molecule has 0 saturated heterocycles. The number of hydrogen-bond donors (Lipinski definition) is 2. The molecule has 0 bridgehead atoms. The van der Waals surface area contributed by atoms with Gasteiger partial charge in [0.2, 0.25) is 0 Å². The molecule has 0 aliphatic carbocycles. The van der Waals surface area contributed by atoms with E-state index in [4.69, 9.17) is 4.74 Å². The first kappa shape index (κ1) is 14.2. The molecule has 0 spiro atoms. The Morgan fingerprint density at radius 1 is 1.35 bits per heavy atom. The number of nitrogens with one attached hydrogen (secondary N) is 2. The first-order valence-corrected chi connectivity index (χ1v) is 6.05. The number of halogens is 2. The minimum absolute atomic E-state index is 0.0762. The van der Waals surface area contributed by atoms with Crippen molar-refractivity contribution in [3.63, 3.8) is 0 Å². The molecule has 0 fully saturated rings. The summed E-state index contributed by atoms with van der Waals surface area (Å²) in [6, 6.07) is 2.02. The van der Waals surface area contributed by atoms with Crippen LogP contribution in [0.4, 0.5) is 13.6 Å². The van der Waals surface area contributed by atoms with Crippen LogP contribution in [-0.4, -0.2) is 21.7 Å². The van der Waals surface area contributed by atoms with Gasteiger partial charge in [-0.3, -0.25) is 0 Å². The van der Waals surface area contributed by atoms with Crippen LogP contribution in [0, 0.1) is 11.6 Å². The Kier molecular flexibility index (Phi) is 3.61. The number of aromatic amines is 1. The second kappa shape index (κ2) is 5.07. The molecule has 0 atom stereocenters. The van der Waals surface area contributed by atoms with Gasteiger partial charge in [0.05, 0.1) is 17.6 Å². The van der Waals surface area contributed by atoms with Crippen LogP contribution in [0.1, 0.15) is 26.6 Å². The van der Waals surface area contributed by atoms with Gasteiger partial charge < -0.3 is 15.0 Å². The summed E-state index contributed by atoms with van der Waals surface area (Å²) in [6.07, 6.45) is -0.588. The van der Waals surface area contributed by atoms with Gasteiger partial charge in [-0.1, -0.05) is 0 Å². The van der Waals surface area contributed by atoms with Crippen molar-refractivity contribution < 1.29 is 18.3 Å². The fraction of sp³-hybridized carbons (Fsp3) is 0.385. The van der Waals surface area contributed by atoms with Crippen LogP contribution in [-0.2, 0) is 11.3 Å². The topological polar surface area (TPSA) is 67.0 Å².